The molecule has 0 unspecified atom stereocenters. The van der Waals surface area contributed by atoms with E-state index < -0.39 is 0 Å². The van der Waals surface area contributed by atoms with Crippen molar-refractivity contribution in [3.8, 4) is 0 Å². The Morgan fingerprint density at radius 3 is 2.76 bits per heavy atom. The number of rotatable bonds is 1. The number of carbonyl (C=O) groups excluding carboxylic acids is 1. The van der Waals surface area contributed by atoms with Gasteiger partial charge in [-0.25, -0.2) is 4.39 Å². The maximum atomic E-state index is 13.0. The molecule has 0 radical (unpaired) electrons. The zero-order valence-electron chi connectivity index (χ0n) is 8.74. The second-order valence-corrected chi connectivity index (χ2v) is 5.94. The van der Waals surface area contributed by atoms with Gasteiger partial charge in [-0.05, 0) is 39.7 Å². The van der Waals surface area contributed by atoms with Crippen molar-refractivity contribution in [1.29, 1.82) is 0 Å². The standard InChI is InChI=1S/C11H7BrFNOS2/c1-14-10(15)9(17-11(14)16)5-6-2-3-8(13)7(12)4-6/h2-5H,1H3/b9-5+. The molecule has 2 rings (SSSR count). The number of thiocarbonyl (C=S) groups is 1. The second-order valence-electron chi connectivity index (χ2n) is 3.41. The highest BCUT2D eigenvalue weighted by Gasteiger charge is 2.28. The molecule has 0 spiro atoms. The van der Waals surface area contributed by atoms with Crippen molar-refractivity contribution in [2.75, 3.05) is 7.05 Å². The van der Waals surface area contributed by atoms with Gasteiger partial charge in [-0.3, -0.25) is 9.69 Å². The summed E-state index contributed by atoms with van der Waals surface area (Å²) in [5.74, 6) is -0.453. The highest BCUT2D eigenvalue weighted by atomic mass is 79.9. The maximum Gasteiger partial charge on any atom is 0.265 e. The largest absolute Gasteiger partial charge is 0.296 e. The molecule has 0 atom stereocenters. The van der Waals surface area contributed by atoms with Crippen LogP contribution in [-0.2, 0) is 4.79 Å². The molecule has 1 aliphatic heterocycles. The van der Waals surface area contributed by atoms with Crippen LogP contribution in [0.4, 0.5) is 4.39 Å². The molecule has 1 amide bonds. The molecule has 0 aromatic heterocycles. The van der Waals surface area contributed by atoms with Gasteiger partial charge in [-0.2, -0.15) is 0 Å². The zero-order chi connectivity index (χ0) is 12.6. The van der Waals surface area contributed by atoms with Gasteiger partial charge in [0.2, 0.25) is 0 Å². The van der Waals surface area contributed by atoms with E-state index in [0.717, 1.165) is 5.56 Å². The number of carbonyl (C=O) groups is 1. The van der Waals surface area contributed by atoms with Gasteiger partial charge in [0.05, 0.1) is 9.38 Å². The molecule has 0 N–H and O–H groups in total. The average molecular weight is 332 g/mol. The van der Waals surface area contributed by atoms with Crippen molar-refractivity contribution < 1.29 is 9.18 Å². The first-order valence-corrected chi connectivity index (χ1v) is 6.67. The summed E-state index contributed by atoms with van der Waals surface area (Å²) in [6, 6.07) is 4.59. The van der Waals surface area contributed by atoms with E-state index in [9.17, 15) is 9.18 Å². The van der Waals surface area contributed by atoms with Crippen LogP contribution in [0.25, 0.3) is 6.08 Å². The molecule has 1 heterocycles. The van der Waals surface area contributed by atoms with Crippen molar-refractivity contribution in [3.05, 3.63) is 39.0 Å². The molecule has 1 aromatic rings. The first kappa shape index (κ1) is 12.7. The smallest absolute Gasteiger partial charge is 0.265 e. The van der Waals surface area contributed by atoms with E-state index in [0.29, 0.717) is 13.7 Å². The molecule has 1 fully saturated rings. The number of likely N-dealkylation sites (N-methyl/N-ethyl adjacent to an activating group) is 1. The number of halogens is 2. The minimum atomic E-state index is -0.329. The number of thioether (sulfide) groups is 1. The molecule has 6 heteroatoms. The van der Waals surface area contributed by atoms with Crippen molar-refractivity contribution in [2.24, 2.45) is 0 Å². The van der Waals surface area contributed by atoms with Gasteiger partial charge in [0, 0.05) is 7.05 Å². The maximum absolute atomic E-state index is 13.0. The van der Waals surface area contributed by atoms with Crippen LogP contribution in [0.1, 0.15) is 5.56 Å². The molecule has 2 nitrogen and oxygen atoms in total. The highest BCUT2D eigenvalue weighted by Crippen LogP contribution is 2.31. The van der Waals surface area contributed by atoms with Crippen molar-refractivity contribution >= 4 is 56.2 Å². The molecular formula is C11H7BrFNOS2. The summed E-state index contributed by atoms with van der Waals surface area (Å²) in [6.45, 7) is 0. The van der Waals surface area contributed by atoms with Crippen LogP contribution in [0.3, 0.4) is 0 Å². The van der Waals surface area contributed by atoms with E-state index in [4.69, 9.17) is 12.2 Å². The molecule has 0 saturated carbocycles. The summed E-state index contributed by atoms with van der Waals surface area (Å²) < 4.78 is 13.9. The Kier molecular flexibility index (Phi) is 3.65. The fourth-order valence-corrected chi connectivity index (χ4v) is 2.88. The van der Waals surface area contributed by atoms with Crippen LogP contribution in [-0.4, -0.2) is 22.2 Å². The van der Waals surface area contributed by atoms with Crippen molar-refractivity contribution in [1.82, 2.24) is 4.90 Å². The van der Waals surface area contributed by atoms with E-state index in [2.05, 4.69) is 15.9 Å². The molecule has 0 aliphatic carbocycles. The van der Waals surface area contributed by atoms with Gasteiger partial charge in [-0.15, -0.1) is 0 Å². The van der Waals surface area contributed by atoms with Crippen LogP contribution >= 0.6 is 39.9 Å². The summed E-state index contributed by atoms with van der Waals surface area (Å²) in [4.78, 5) is 13.7. The van der Waals surface area contributed by atoms with Gasteiger partial charge in [0.15, 0.2) is 0 Å². The highest BCUT2D eigenvalue weighted by molar-refractivity contribution is 9.10. The minimum Gasteiger partial charge on any atom is -0.296 e. The lowest BCUT2D eigenvalue weighted by atomic mass is 10.2. The summed E-state index contributed by atoms with van der Waals surface area (Å²) in [7, 11) is 1.64. The van der Waals surface area contributed by atoms with E-state index in [1.54, 1.807) is 25.3 Å². The lowest BCUT2D eigenvalue weighted by molar-refractivity contribution is -0.121. The Bertz CT molecular complexity index is 544. The Morgan fingerprint density at radius 2 is 2.24 bits per heavy atom. The number of nitrogens with zero attached hydrogens (tertiary/aromatic N) is 1. The fourth-order valence-electron chi connectivity index (χ4n) is 1.30. The quantitative estimate of drug-likeness (QED) is 0.581. The average Bonchev–Trinajstić information content (AvgIpc) is 2.52. The molecule has 17 heavy (non-hydrogen) atoms. The molecular weight excluding hydrogens is 325 g/mol. The topological polar surface area (TPSA) is 20.3 Å². The van der Waals surface area contributed by atoms with Gasteiger partial charge < -0.3 is 0 Å². The number of benzene rings is 1. The van der Waals surface area contributed by atoms with Crippen LogP contribution in [0.15, 0.2) is 27.6 Å². The van der Waals surface area contributed by atoms with Crippen LogP contribution in [0.2, 0.25) is 0 Å². The summed E-state index contributed by atoms with van der Waals surface area (Å²) in [6.07, 6.45) is 1.70. The van der Waals surface area contributed by atoms with Crippen molar-refractivity contribution in [2.45, 2.75) is 0 Å². The third-order valence-electron chi connectivity index (χ3n) is 2.23. The molecule has 88 valence electrons. The van der Waals surface area contributed by atoms with E-state index in [1.807, 2.05) is 0 Å². The Labute approximate surface area is 116 Å². The lowest BCUT2D eigenvalue weighted by Crippen LogP contribution is -2.22. The second kappa shape index (κ2) is 4.88. The van der Waals surface area contributed by atoms with E-state index >= 15 is 0 Å². The van der Waals surface area contributed by atoms with Crippen LogP contribution in [0.5, 0.6) is 0 Å². The Balaban J connectivity index is 2.34. The number of amides is 1. The SMILES string of the molecule is CN1C(=O)/C(=C\c2ccc(F)c(Br)c2)SC1=S. The van der Waals surface area contributed by atoms with Gasteiger partial charge >= 0.3 is 0 Å². The normalized spacial score (nSPS) is 18.3. The summed E-state index contributed by atoms with van der Waals surface area (Å²) in [5.41, 5.74) is 0.757. The number of hydrogen-bond donors (Lipinski definition) is 0. The Morgan fingerprint density at radius 1 is 1.53 bits per heavy atom. The first-order valence-electron chi connectivity index (χ1n) is 4.65. The predicted molar refractivity (Wildman–Crippen MR) is 75.0 cm³/mol. The Hall–Kier alpha value is -0.720. The van der Waals surface area contributed by atoms with Crippen molar-refractivity contribution in [3.63, 3.8) is 0 Å². The molecule has 1 aromatic carbocycles. The third-order valence-corrected chi connectivity index (χ3v) is 4.32. The summed E-state index contributed by atoms with van der Waals surface area (Å²) in [5, 5.41) is 0. The van der Waals surface area contributed by atoms with Crippen LogP contribution < -0.4 is 0 Å². The van der Waals surface area contributed by atoms with Gasteiger partial charge in [-0.1, -0.05) is 30.0 Å². The molecule has 1 saturated heterocycles. The molecule has 0 bridgehead atoms. The van der Waals surface area contributed by atoms with Crippen LogP contribution in [0, 0.1) is 5.82 Å². The molecule has 1 aliphatic rings. The minimum absolute atomic E-state index is 0.125. The lowest BCUT2D eigenvalue weighted by Gasteiger charge is -2.03. The number of hydrogen-bond acceptors (Lipinski definition) is 3. The zero-order valence-corrected chi connectivity index (χ0v) is 12.0. The van der Waals surface area contributed by atoms with E-state index in [-0.39, 0.29) is 11.7 Å². The first-order chi connectivity index (χ1) is 7.99. The summed E-state index contributed by atoms with van der Waals surface area (Å²) >= 11 is 9.37. The predicted octanol–water partition coefficient (Wildman–Crippen LogP) is 3.42. The fraction of sp³-hybridized carbons (Fsp3) is 0.0909. The van der Waals surface area contributed by atoms with E-state index in [1.165, 1.54) is 22.7 Å². The van der Waals surface area contributed by atoms with Gasteiger partial charge in [0.1, 0.15) is 10.1 Å². The van der Waals surface area contributed by atoms with Gasteiger partial charge in [0.25, 0.3) is 5.91 Å². The monoisotopic (exact) mass is 331 g/mol. The third kappa shape index (κ3) is 2.59.